The molecule has 0 aliphatic rings. The first kappa shape index (κ1) is 14.7. The van der Waals surface area contributed by atoms with Crippen molar-refractivity contribution in [3.8, 4) is 0 Å². The number of hydrogen-bond acceptors (Lipinski definition) is 4. The van der Waals surface area contributed by atoms with Crippen molar-refractivity contribution >= 4 is 5.97 Å². The Hall–Kier alpha value is -1.39. The van der Waals surface area contributed by atoms with E-state index in [-0.39, 0.29) is 12.4 Å². The lowest BCUT2D eigenvalue weighted by atomic mass is 10.1. The lowest BCUT2D eigenvalue weighted by Crippen LogP contribution is -2.28. The summed E-state index contributed by atoms with van der Waals surface area (Å²) >= 11 is 0. The van der Waals surface area contributed by atoms with Crippen LogP contribution in [0.4, 0.5) is 0 Å². The quantitative estimate of drug-likeness (QED) is 0.537. The van der Waals surface area contributed by atoms with Crippen molar-refractivity contribution in [1.82, 2.24) is 5.32 Å². The number of esters is 1. The fourth-order valence-electron chi connectivity index (χ4n) is 1.63. The Morgan fingerprint density at radius 1 is 1.39 bits per heavy atom. The van der Waals surface area contributed by atoms with Crippen LogP contribution >= 0.6 is 0 Å². The van der Waals surface area contributed by atoms with Crippen LogP contribution in [-0.4, -0.2) is 37.4 Å². The summed E-state index contributed by atoms with van der Waals surface area (Å²) in [5.41, 5.74) is 1.27. The van der Waals surface area contributed by atoms with Gasteiger partial charge in [-0.3, -0.25) is 4.79 Å². The molecule has 0 bridgehead atoms. The fraction of sp³-hybridized carbons (Fsp3) is 0.500. The second-order valence-electron chi connectivity index (χ2n) is 4.21. The number of ether oxygens (including phenoxy) is 1. The summed E-state index contributed by atoms with van der Waals surface area (Å²) in [5.74, 6) is -0.279. The predicted octanol–water partition coefficient (Wildman–Crippen LogP) is 1.13. The predicted molar refractivity (Wildman–Crippen MR) is 70.3 cm³/mol. The maximum Gasteiger partial charge on any atom is 0.305 e. The molecule has 1 aromatic rings. The highest BCUT2D eigenvalue weighted by Gasteiger charge is 2.07. The summed E-state index contributed by atoms with van der Waals surface area (Å²) in [6, 6.07) is 10.2. The molecule has 0 aliphatic carbocycles. The van der Waals surface area contributed by atoms with E-state index < -0.39 is 6.10 Å². The van der Waals surface area contributed by atoms with E-state index in [2.05, 4.69) is 22.2 Å². The van der Waals surface area contributed by atoms with Crippen LogP contribution in [0.1, 0.15) is 18.4 Å². The molecule has 0 aromatic heterocycles. The zero-order chi connectivity index (χ0) is 13.2. The minimum atomic E-state index is -0.500. The molecule has 0 saturated heterocycles. The number of hydrogen-bond donors (Lipinski definition) is 2. The number of carbonyl (C=O) groups excluding carboxylic acids is 1. The first-order valence-corrected chi connectivity index (χ1v) is 6.22. The van der Waals surface area contributed by atoms with Crippen molar-refractivity contribution < 1.29 is 14.6 Å². The molecular weight excluding hydrogens is 230 g/mol. The van der Waals surface area contributed by atoms with Gasteiger partial charge in [0.15, 0.2) is 0 Å². The molecule has 18 heavy (non-hydrogen) atoms. The van der Waals surface area contributed by atoms with Gasteiger partial charge in [-0.2, -0.15) is 0 Å². The Balaban J connectivity index is 2.05. The molecule has 4 nitrogen and oxygen atoms in total. The second kappa shape index (κ2) is 8.66. The largest absolute Gasteiger partial charge is 0.469 e. The summed E-state index contributed by atoms with van der Waals surface area (Å²) in [6.45, 7) is 1.32. The Kier molecular flexibility index (Phi) is 7.06. The summed E-state index contributed by atoms with van der Waals surface area (Å²) < 4.78 is 4.51. The normalized spacial score (nSPS) is 12.1. The maximum absolute atomic E-state index is 10.9. The van der Waals surface area contributed by atoms with Crippen molar-refractivity contribution in [2.24, 2.45) is 0 Å². The third-order valence-electron chi connectivity index (χ3n) is 2.72. The molecule has 0 aliphatic heterocycles. The van der Waals surface area contributed by atoms with Crippen molar-refractivity contribution in [2.75, 3.05) is 20.2 Å². The molecule has 1 rings (SSSR count). The van der Waals surface area contributed by atoms with E-state index in [1.807, 2.05) is 18.2 Å². The molecule has 2 N–H and O–H groups in total. The number of nitrogens with one attached hydrogen (secondary N) is 1. The first-order chi connectivity index (χ1) is 8.72. The van der Waals surface area contributed by atoms with Gasteiger partial charge >= 0.3 is 5.97 Å². The molecule has 0 fully saturated rings. The SMILES string of the molecule is COC(=O)CCC(O)CNCCc1ccccc1. The van der Waals surface area contributed by atoms with Gasteiger partial charge in [0.05, 0.1) is 13.2 Å². The zero-order valence-electron chi connectivity index (χ0n) is 10.8. The van der Waals surface area contributed by atoms with Crippen LogP contribution in [0.2, 0.25) is 0 Å². The number of methoxy groups -OCH3 is 1. The van der Waals surface area contributed by atoms with Gasteiger partial charge in [-0.25, -0.2) is 0 Å². The van der Waals surface area contributed by atoms with Crippen LogP contribution in [0.25, 0.3) is 0 Å². The molecule has 1 unspecified atom stereocenters. The molecular formula is C14H21NO3. The first-order valence-electron chi connectivity index (χ1n) is 6.22. The van der Waals surface area contributed by atoms with E-state index in [0.717, 1.165) is 13.0 Å². The third-order valence-corrected chi connectivity index (χ3v) is 2.72. The lowest BCUT2D eigenvalue weighted by Gasteiger charge is -2.11. The van der Waals surface area contributed by atoms with Gasteiger partial charge in [-0.1, -0.05) is 30.3 Å². The van der Waals surface area contributed by atoms with Crippen LogP contribution in [0, 0.1) is 0 Å². The van der Waals surface area contributed by atoms with Gasteiger partial charge < -0.3 is 15.2 Å². The lowest BCUT2D eigenvalue weighted by molar-refractivity contribution is -0.141. The standard InChI is InChI=1S/C14H21NO3/c1-18-14(17)8-7-13(16)11-15-10-9-12-5-3-2-4-6-12/h2-6,13,15-16H,7-11H2,1H3. The summed E-state index contributed by atoms with van der Waals surface area (Å²) in [5, 5.41) is 12.8. The van der Waals surface area contributed by atoms with Crippen LogP contribution in [0.15, 0.2) is 30.3 Å². The highest BCUT2D eigenvalue weighted by molar-refractivity contribution is 5.69. The average molecular weight is 251 g/mol. The van der Waals surface area contributed by atoms with Gasteiger partial charge in [0.25, 0.3) is 0 Å². The van der Waals surface area contributed by atoms with Crippen LogP contribution < -0.4 is 5.32 Å². The highest BCUT2D eigenvalue weighted by atomic mass is 16.5. The fourth-order valence-corrected chi connectivity index (χ4v) is 1.63. The van der Waals surface area contributed by atoms with E-state index in [1.54, 1.807) is 0 Å². The average Bonchev–Trinajstić information content (AvgIpc) is 2.42. The van der Waals surface area contributed by atoms with Gasteiger partial charge in [0.1, 0.15) is 0 Å². The van der Waals surface area contributed by atoms with Gasteiger partial charge in [0.2, 0.25) is 0 Å². The number of rotatable bonds is 8. The second-order valence-corrected chi connectivity index (χ2v) is 4.21. The number of benzene rings is 1. The van der Waals surface area contributed by atoms with Crippen molar-refractivity contribution in [3.05, 3.63) is 35.9 Å². The molecule has 4 heteroatoms. The van der Waals surface area contributed by atoms with Gasteiger partial charge in [0, 0.05) is 13.0 Å². The van der Waals surface area contributed by atoms with Gasteiger partial charge in [-0.05, 0) is 24.9 Å². The third kappa shape index (κ3) is 6.37. The van der Waals surface area contributed by atoms with Crippen LogP contribution in [-0.2, 0) is 16.0 Å². The summed E-state index contributed by atoms with van der Waals surface area (Å²) in [6.07, 6.45) is 1.13. The van der Waals surface area contributed by atoms with Crippen molar-refractivity contribution in [3.63, 3.8) is 0 Å². The smallest absolute Gasteiger partial charge is 0.305 e. The van der Waals surface area contributed by atoms with E-state index in [1.165, 1.54) is 12.7 Å². The van der Waals surface area contributed by atoms with Crippen LogP contribution in [0.3, 0.4) is 0 Å². The Morgan fingerprint density at radius 3 is 2.78 bits per heavy atom. The van der Waals surface area contributed by atoms with Gasteiger partial charge in [-0.15, -0.1) is 0 Å². The van der Waals surface area contributed by atoms with E-state index in [4.69, 9.17) is 0 Å². The maximum atomic E-state index is 10.9. The number of aliphatic hydroxyl groups is 1. The molecule has 1 aromatic carbocycles. The van der Waals surface area contributed by atoms with E-state index >= 15 is 0 Å². The molecule has 0 spiro atoms. The number of carbonyl (C=O) groups is 1. The van der Waals surface area contributed by atoms with Crippen molar-refractivity contribution in [2.45, 2.75) is 25.4 Å². The Labute approximate surface area is 108 Å². The molecule has 0 heterocycles. The zero-order valence-corrected chi connectivity index (χ0v) is 10.8. The minimum absolute atomic E-state index is 0.262. The molecule has 1 atom stereocenters. The molecule has 0 radical (unpaired) electrons. The van der Waals surface area contributed by atoms with E-state index in [9.17, 15) is 9.90 Å². The summed E-state index contributed by atoms with van der Waals surface area (Å²) in [7, 11) is 1.35. The molecule has 0 amide bonds. The van der Waals surface area contributed by atoms with Crippen LogP contribution in [0.5, 0.6) is 0 Å². The highest BCUT2D eigenvalue weighted by Crippen LogP contribution is 1.99. The molecule has 0 saturated carbocycles. The monoisotopic (exact) mass is 251 g/mol. The Morgan fingerprint density at radius 2 is 2.11 bits per heavy atom. The minimum Gasteiger partial charge on any atom is -0.469 e. The summed E-state index contributed by atoms with van der Waals surface area (Å²) in [4.78, 5) is 10.9. The van der Waals surface area contributed by atoms with Crippen molar-refractivity contribution in [1.29, 1.82) is 0 Å². The van der Waals surface area contributed by atoms with E-state index in [0.29, 0.717) is 13.0 Å². The topological polar surface area (TPSA) is 58.6 Å². The number of aliphatic hydroxyl groups excluding tert-OH is 1. The molecule has 100 valence electrons. The Bertz CT molecular complexity index is 340.